The summed E-state index contributed by atoms with van der Waals surface area (Å²) in [7, 11) is -4.13. The van der Waals surface area contributed by atoms with Gasteiger partial charge in [0.05, 0.1) is 17.7 Å². The Kier molecular flexibility index (Phi) is 7.03. The van der Waals surface area contributed by atoms with E-state index < -0.39 is 50.9 Å². The van der Waals surface area contributed by atoms with Gasteiger partial charge in [0.2, 0.25) is 10.0 Å². The number of sulfonamides is 1. The highest BCUT2D eigenvalue weighted by molar-refractivity contribution is 7.91. The molecule has 2 aromatic carbocycles. The molecule has 3 N–H and O–H groups in total. The van der Waals surface area contributed by atoms with Crippen molar-refractivity contribution < 1.29 is 40.7 Å². The Morgan fingerprint density at radius 3 is 2.23 bits per heavy atom. The van der Waals surface area contributed by atoms with Gasteiger partial charge in [-0.1, -0.05) is 12.1 Å². The standard InChI is InChI=1S/C18H16F4N2O5S/c19-15-6-5-13(9-14(15)18(20,21)22)24-30(28,29)10-11-1-3-12(4-2-11)17(27)23-8-7-16(25)26/h1-6,9,24H,7-8,10H2,(H,23,27)(H,25,26). The van der Waals surface area contributed by atoms with Crippen molar-refractivity contribution in [2.24, 2.45) is 0 Å². The van der Waals surface area contributed by atoms with E-state index in [0.29, 0.717) is 12.1 Å². The van der Waals surface area contributed by atoms with Crippen LogP contribution >= 0.6 is 0 Å². The van der Waals surface area contributed by atoms with Crippen molar-refractivity contribution in [2.45, 2.75) is 18.3 Å². The van der Waals surface area contributed by atoms with Crippen LogP contribution in [-0.4, -0.2) is 31.9 Å². The molecule has 0 unspecified atom stereocenters. The highest BCUT2D eigenvalue weighted by Gasteiger charge is 2.34. The van der Waals surface area contributed by atoms with E-state index in [2.05, 4.69) is 5.32 Å². The molecule has 12 heteroatoms. The zero-order chi connectivity index (χ0) is 22.5. The molecular formula is C18H16F4N2O5S. The lowest BCUT2D eigenvalue weighted by molar-refractivity contribution is -0.140. The zero-order valence-electron chi connectivity index (χ0n) is 15.2. The van der Waals surface area contributed by atoms with Gasteiger partial charge in [-0.15, -0.1) is 0 Å². The lowest BCUT2D eigenvalue weighted by atomic mass is 10.1. The summed E-state index contributed by atoms with van der Waals surface area (Å²) in [4.78, 5) is 22.3. The third-order valence-electron chi connectivity index (χ3n) is 3.74. The minimum Gasteiger partial charge on any atom is -0.481 e. The first-order valence-electron chi connectivity index (χ1n) is 8.33. The predicted molar refractivity (Wildman–Crippen MR) is 98.7 cm³/mol. The number of anilines is 1. The van der Waals surface area contributed by atoms with Crippen LogP contribution in [0.1, 0.15) is 27.9 Å². The highest BCUT2D eigenvalue weighted by Crippen LogP contribution is 2.33. The van der Waals surface area contributed by atoms with E-state index in [1.807, 2.05) is 4.72 Å². The maximum atomic E-state index is 13.3. The summed E-state index contributed by atoms with van der Waals surface area (Å²) in [5, 5.41) is 10.9. The summed E-state index contributed by atoms with van der Waals surface area (Å²) in [5.74, 6) is -3.75. The summed E-state index contributed by atoms with van der Waals surface area (Å²) >= 11 is 0. The molecule has 162 valence electrons. The smallest absolute Gasteiger partial charge is 0.419 e. The van der Waals surface area contributed by atoms with Crippen LogP contribution in [0.3, 0.4) is 0 Å². The van der Waals surface area contributed by atoms with E-state index in [4.69, 9.17) is 5.11 Å². The fraction of sp³-hybridized carbons (Fsp3) is 0.222. The maximum absolute atomic E-state index is 13.3. The molecule has 0 saturated heterocycles. The largest absolute Gasteiger partial charge is 0.481 e. The number of hydrogen-bond acceptors (Lipinski definition) is 4. The molecule has 0 aromatic heterocycles. The lowest BCUT2D eigenvalue weighted by Crippen LogP contribution is -2.26. The van der Waals surface area contributed by atoms with Gasteiger partial charge in [-0.25, -0.2) is 12.8 Å². The summed E-state index contributed by atoms with van der Waals surface area (Å²) in [6.07, 6.45) is -5.24. The van der Waals surface area contributed by atoms with E-state index in [1.165, 1.54) is 24.3 Å². The number of halogens is 4. The number of hydrogen-bond donors (Lipinski definition) is 3. The van der Waals surface area contributed by atoms with Crippen LogP contribution in [-0.2, 0) is 26.7 Å². The molecule has 7 nitrogen and oxygen atoms in total. The molecule has 0 aliphatic heterocycles. The van der Waals surface area contributed by atoms with Crippen LogP contribution < -0.4 is 10.0 Å². The summed E-state index contributed by atoms with van der Waals surface area (Å²) in [5.41, 5.74) is -1.63. The molecule has 0 heterocycles. The first-order valence-corrected chi connectivity index (χ1v) is 9.99. The zero-order valence-corrected chi connectivity index (χ0v) is 16.0. The van der Waals surface area contributed by atoms with Crippen molar-refractivity contribution in [1.29, 1.82) is 0 Å². The SMILES string of the molecule is O=C(O)CCNC(=O)c1ccc(CS(=O)(=O)Nc2ccc(F)c(C(F)(F)F)c2)cc1. The molecule has 0 saturated carbocycles. The molecule has 30 heavy (non-hydrogen) atoms. The molecular weight excluding hydrogens is 432 g/mol. The van der Waals surface area contributed by atoms with Gasteiger partial charge in [-0.05, 0) is 35.9 Å². The fourth-order valence-electron chi connectivity index (χ4n) is 2.38. The van der Waals surface area contributed by atoms with Crippen molar-refractivity contribution in [2.75, 3.05) is 11.3 Å². The van der Waals surface area contributed by atoms with Crippen molar-refractivity contribution in [3.05, 3.63) is 65.0 Å². The lowest BCUT2D eigenvalue weighted by Gasteiger charge is -2.12. The topological polar surface area (TPSA) is 113 Å². The number of alkyl halides is 3. The Hall–Kier alpha value is -3.15. The van der Waals surface area contributed by atoms with Crippen molar-refractivity contribution in [3.8, 4) is 0 Å². The van der Waals surface area contributed by atoms with Gasteiger partial charge in [0.25, 0.3) is 5.91 Å². The van der Waals surface area contributed by atoms with Gasteiger partial charge in [0.15, 0.2) is 0 Å². The fourth-order valence-corrected chi connectivity index (χ4v) is 3.57. The van der Waals surface area contributed by atoms with Crippen molar-refractivity contribution in [1.82, 2.24) is 5.32 Å². The van der Waals surface area contributed by atoms with E-state index in [0.717, 1.165) is 6.07 Å². The quantitative estimate of drug-likeness (QED) is 0.538. The van der Waals surface area contributed by atoms with Gasteiger partial charge in [-0.3, -0.25) is 14.3 Å². The Balaban J connectivity index is 2.05. The van der Waals surface area contributed by atoms with Gasteiger partial charge < -0.3 is 10.4 Å². The Morgan fingerprint density at radius 1 is 1.03 bits per heavy atom. The second-order valence-corrected chi connectivity index (χ2v) is 7.87. The summed E-state index contributed by atoms with van der Waals surface area (Å²) in [6, 6.07) is 7.04. The van der Waals surface area contributed by atoms with Gasteiger partial charge in [0, 0.05) is 17.8 Å². The minimum absolute atomic E-state index is 0.0776. The van der Waals surface area contributed by atoms with Crippen LogP contribution in [0.4, 0.5) is 23.2 Å². The van der Waals surface area contributed by atoms with Crippen molar-refractivity contribution >= 4 is 27.6 Å². The number of carboxylic acid groups (broad SMARTS) is 1. The van der Waals surface area contributed by atoms with E-state index >= 15 is 0 Å². The third-order valence-corrected chi connectivity index (χ3v) is 5.00. The maximum Gasteiger partial charge on any atom is 0.419 e. The number of benzene rings is 2. The molecule has 0 bridgehead atoms. The molecule has 0 fully saturated rings. The number of nitrogens with one attached hydrogen (secondary N) is 2. The monoisotopic (exact) mass is 448 g/mol. The number of amides is 1. The van der Waals surface area contributed by atoms with Gasteiger partial charge >= 0.3 is 12.1 Å². The Morgan fingerprint density at radius 2 is 1.67 bits per heavy atom. The molecule has 0 radical (unpaired) electrons. The second-order valence-electron chi connectivity index (χ2n) is 6.15. The normalized spacial score (nSPS) is 11.7. The van der Waals surface area contributed by atoms with Crippen LogP contribution in [0, 0.1) is 5.82 Å². The second kappa shape index (κ2) is 9.11. The van der Waals surface area contributed by atoms with Crippen LogP contribution in [0.15, 0.2) is 42.5 Å². The molecule has 0 spiro atoms. The average molecular weight is 448 g/mol. The first kappa shape index (κ1) is 23.1. The third kappa shape index (κ3) is 6.72. The number of rotatable bonds is 8. The Bertz CT molecular complexity index is 1040. The van der Waals surface area contributed by atoms with Crippen LogP contribution in [0.5, 0.6) is 0 Å². The first-order chi connectivity index (χ1) is 13.9. The van der Waals surface area contributed by atoms with E-state index in [-0.39, 0.29) is 24.1 Å². The molecule has 0 aliphatic carbocycles. The molecule has 0 atom stereocenters. The number of carbonyl (C=O) groups excluding carboxylic acids is 1. The predicted octanol–water partition coefficient (Wildman–Crippen LogP) is 2.99. The average Bonchev–Trinajstić information content (AvgIpc) is 2.62. The number of aliphatic carboxylic acids is 1. The summed E-state index contributed by atoms with van der Waals surface area (Å²) < 4.78 is 77.9. The van der Waals surface area contributed by atoms with E-state index in [9.17, 15) is 35.6 Å². The molecule has 1 amide bonds. The Labute approximate surface area is 168 Å². The minimum atomic E-state index is -4.98. The summed E-state index contributed by atoms with van der Waals surface area (Å²) in [6.45, 7) is -0.0776. The molecule has 2 aromatic rings. The number of carbonyl (C=O) groups is 2. The molecule has 0 aliphatic rings. The highest BCUT2D eigenvalue weighted by atomic mass is 32.2. The molecule has 2 rings (SSSR count). The van der Waals surface area contributed by atoms with Gasteiger partial charge in [0.1, 0.15) is 5.82 Å². The number of carboxylic acids is 1. The van der Waals surface area contributed by atoms with Crippen molar-refractivity contribution in [3.63, 3.8) is 0 Å². The van der Waals surface area contributed by atoms with Crippen LogP contribution in [0.2, 0.25) is 0 Å². The van der Waals surface area contributed by atoms with Gasteiger partial charge in [-0.2, -0.15) is 13.2 Å². The van der Waals surface area contributed by atoms with E-state index in [1.54, 1.807) is 0 Å². The van der Waals surface area contributed by atoms with Crippen LogP contribution in [0.25, 0.3) is 0 Å².